The summed E-state index contributed by atoms with van der Waals surface area (Å²) in [6, 6.07) is 12.5. The predicted molar refractivity (Wildman–Crippen MR) is 135 cm³/mol. The molecule has 1 heterocycles. The Bertz CT molecular complexity index is 941. The van der Waals surface area contributed by atoms with E-state index < -0.39 is 11.9 Å². The Labute approximate surface area is 206 Å². The Morgan fingerprint density at radius 2 is 1.62 bits per heavy atom. The molecule has 8 heteroatoms. The van der Waals surface area contributed by atoms with E-state index >= 15 is 0 Å². The Morgan fingerprint density at radius 1 is 1.00 bits per heavy atom. The van der Waals surface area contributed by atoms with Crippen LogP contribution in [0.1, 0.15) is 50.3 Å². The molecule has 0 atom stereocenters. The Kier molecular flexibility index (Phi) is 10.7. The van der Waals surface area contributed by atoms with Crippen molar-refractivity contribution in [3.63, 3.8) is 0 Å². The molecular weight excluding hydrogens is 456 g/mol. The lowest BCUT2D eigenvalue weighted by molar-refractivity contribution is -0.143. The quantitative estimate of drug-likeness (QED) is 0.412. The predicted octanol–water partition coefficient (Wildman–Crippen LogP) is 5.00. The van der Waals surface area contributed by atoms with Crippen molar-refractivity contribution in [3.05, 3.63) is 58.1 Å². The van der Waals surface area contributed by atoms with Gasteiger partial charge in [-0.05, 0) is 66.2 Å². The van der Waals surface area contributed by atoms with E-state index in [1.54, 1.807) is 0 Å². The van der Waals surface area contributed by atoms with Crippen LogP contribution >= 0.6 is 11.6 Å². The first-order valence-electron chi connectivity index (χ1n) is 11.5. The number of ether oxygens (including phenoxy) is 1. The highest BCUT2D eigenvalue weighted by Gasteiger charge is 2.15. The van der Waals surface area contributed by atoms with Gasteiger partial charge >= 0.3 is 11.9 Å². The van der Waals surface area contributed by atoms with Gasteiger partial charge in [0.15, 0.2) is 0 Å². The van der Waals surface area contributed by atoms with Crippen LogP contribution in [0.2, 0.25) is 5.02 Å². The maximum atomic E-state index is 9.64. The Balaban J connectivity index is 0.000000440. The number of hydrogen-bond donors (Lipinski definition) is 4. The van der Waals surface area contributed by atoms with Crippen LogP contribution in [0.25, 0.3) is 0 Å². The minimum atomic E-state index is -1.08. The lowest BCUT2D eigenvalue weighted by atomic mass is 9.99. The molecule has 0 aromatic heterocycles. The van der Waals surface area contributed by atoms with Gasteiger partial charge in [0.05, 0.1) is 30.2 Å². The van der Waals surface area contributed by atoms with Crippen LogP contribution in [0.4, 0.5) is 5.69 Å². The number of anilines is 1. The van der Waals surface area contributed by atoms with Crippen molar-refractivity contribution in [3.8, 4) is 5.75 Å². The molecule has 0 amide bonds. The number of nitrogens with one attached hydrogen (secondary N) is 2. The van der Waals surface area contributed by atoms with Crippen molar-refractivity contribution in [2.24, 2.45) is 5.41 Å². The van der Waals surface area contributed by atoms with Crippen LogP contribution in [-0.2, 0) is 29.0 Å². The van der Waals surface area contributed by atoms with Crippen molar-refractivity contribution < 1.29 is 24.5 Å². The number of aliphatic carboxylic acids is 2. The number of fused-ring (bicyclic) bond motifs is 1. The number of halogens is 1. The summed E-state index contributed by atoms with van der Waals surface area (Å²) in [5, 5.41) is 23.6. The minimum Gasteiger partial charge on any atom is -0.493 e. The van der Waals surface area contributed by atoms with Gasteiger partial charge in [-0.25, -0.2) is 0 Å². The van der Waals surface area contributed by atoms with E-state index in [0.717, 1.165) is 48.9 Å². The van der Waals surface area contributed by atoms with Gasteiger partial charge in [-0.15, -0.1) is 0 Å². The molecule has 0 aliphatic carbocycles. The summed E-state index contributed by atoms with van der Waals surface area (Å²) in [5.41, 5.74) is 5.21. The normalized spacial score (nSPS) is 13.1. The molecule has 0 radical (unpaired) electrons. The molecule has 1 aliphatic heterocycles. The molecule has 0 fully saturated rings. The molecule has 0 saturated heterocycles. The second-order valence-corrected chi connectivity index (χ2v) is 9.85. The largest absolute Gasteiger partial charge is 0.493 e. The Morgan fingerprint density at radius 3 is 2.21 bits per heavy atom. The standard InChI is InChI=1S/C22H29ClN2O.C4H6O4/c1-22(2,3)15-26-18-7-4-16(5-8-18)14-25-21-19-11-13-24-12-10-17(19)6-9-20(21)23;5-3(6)1-2-4(7)8/h4-9,24-25H,10-15H2,1-3H3;1-2H2,(H,5,6)(H,7,8). The molecule has 4 N–H and O–H groups in total. The summed E-state index contributed by atoms with van der Waals surface area (Å²) in [7, 11) is 0. The van der Waals surface area contributed by atoms with Gasteiger partial charge in [0.2, 0.25) is 0 Å². The zero-order valence-corrected chi connectivity index (χ0v) is 20.9. The van der Waals surface area contributed by atoms with Gasteiger partial charge in [-0.2, -0.15) is 0 Å². The second kappa shape index (κ2) is 13.2. The number of carbonyl (C=O) groups is 2. The van der Waals surface area contributed by atoms with Crippen LogP contribution in [0.15, 0.2) is 36.4 Å². The van der Waals surface area contributed by atoms with E-state index in [-0.39, 0.29) is 18.3 Å². The molecule has 2 aromatic rings. The minimum absolute atomic E-state index is 0.164. The molecule has 1 aliphatic rings. The first-order valence-corrected chi connectivity index (χ1v) is 11.8. The maximum Gasteiger partial charge on any atom is 0.303 e. The zero-order chi connectivity index (χ0) is 25.1. The van der Waals surface area contributed by atoms with Gasteiger partial charge in [0, 0.05) is 6.54 Å². The molecular formula is C26H35ClN2O5. The van der Waals surface area contributed by atoms with E-state index in [1.165, 1.54) is 16.7 Å². The van der Waals surface area contributed by atoms with Crippen molar-refractivity contribution >= 4 is 29.2 Å². The highest BCUT2D eigenvalue weighted by Crippen LogP contribution is 2.31. The van der Waals surface area contributed by atoms with E-state index in [4.69, 9.17) is 26.6 Å². The average molecular weight is 491 g/mol. The van der Waals surface area contributed by atoms with Crippen molar-refractivity contribution in [2.75, 3.05) is 25.0 Å². The number of carboxylic acids is 2. The van der Waals surface area contributed by atoms with E-state index in [2.05, 4.69) is 49.6 Å². The fourth-order valence-corrected chi connectivity index (χ4v) is 3.59. The SMILES string of the molecule is CC(C)(C)COc1ccc(CNc2c(Cl)ccc3c2CCNCC3)cc1.O=C(O)CCC(=O)O. The number of rotatable bonds is 8. The van der Waals surface area contributed by atoms with E-state index in [9.17, 15) is 9.59 Å². The van der Waals surface area contributed by atoms with E-state index in [0.29, 0.717) is 6.61 Å². The van der Waals surface area contributed by atoms with Crippen LogP contribution in [0.5, 0.6) is 5.75 Å². The van der Waals surface area contributed by atoms with E-state index in [1.807, 2.05) is 18.2 Å². The topological polar surface area (TPSA) is 108 Å². The Hall–Kier alpha value is -2.77. The molecule has 0 unspecified atom stereocenters. The summed E-state index contributed by atoms with van der Waals surface area (Å²) in [6.07, 6.45) is 1.48. The highest BCUT2D eigenvalue weighted by atomic mass is 35.5. The first-order chi connectivity index (χ1) is 16.0. The van der Waals surface area contributed by atoms with Gasteiger partial charge in [0.1, 0.15) is 5.75 Å². The van der Waals surface area contributed by atoms with Crippen molar-refractivity contribution in [2.45, 2.75) is 53.0 Å². The molecule has 34 heavy (non-hydrogen) atoms. The lowest BCUT2D eigenvalue weighted by Gasteiger charge is -2.19. The third kappa shape index (κ3) is 10.0. The summed E-state index contributed by atoms with van der Waals surface area (Å²) >= 11 is 6.49. The zero-order valence-electron chi connectivity index (χ0n) is 20.1. The number of hydrogen-bond acceptors (Lipinski definition) is 5. The van der Waals surface area contributed by atoms with Gasteiger partial charge in [-0.3, -0.25) is 9.59 Å². The second-order valence-electron chi connectivity index (χ2n) is 9.44. The number of carboxylic acid groups (broad SMARTS) is 2. The summed E-state index contributed by atoms with van der Waals surface area (Å²) < 4.78 is 5.85. The van der Waals surface area contributed by atoms with Crippen molar-refractivity contribution in [1.29, 1.82) is 0 Å². The lowest BCUT2D eigenvalue weighted by Crippen LogP contribution is -2.16. The molecule has 3 rings (SSSR count). The average Bonchev–Trinajstić information content (AvgIpc) is 3.02. The molecule has 0 spiro atoms. The van der Waals surface area contributed by atoms with Gasteiger partial charge < -0.3 is 25.6 Å². The monoisotopic (exact) mass is 490 g/mol. The van der Waals surface area contributed by atoms with Crippen LogP contribution in [-0.4, -0.2) is 41.8 Å². The van der Waals surface area contributed by atoms with Gasteiger partial charge in [-0.1, -0.05) is 50.6 Å². The van der Waals surface area contributed by atoms with Gasteiger partial charge in [0.25, 0.3) is 0 Å². The smallest absolute Gasteiger partial charge is 0.303 e. The van der Waals surface area contributed by atoms with Crippen molar-refractivity contribution in [1.82, 2.24) is 5.32 Å². The molecule has 0 bridgehead atoms. The fourth-order valence-electron chi connectivity index (χ4n) is 3.34. The summed E-state index contributed by atoms with van der Waals surface area (Å²) in [4.78, 5) is 19.3. The third-order valence-electron chi connectivity index (χ3n) is 5.10. The molecule has 186 valence electrons. The third-order valence-corrected chi connectivity index (χ3v) is 5.41. The highest BCUT2D eigenvalue weighted by molar-refractivity contribution is 6.33. The fraction of sp³-hybridized carbons (Fsp3) is 0.462. The summed E-state index contributed by atoms with van der Waals surface area (Å²) in [5.74, 6) is -1.24. The summed E-state index contributed by atoms with van der Waals surface area (Å²) in [6.45, 7) is 10.0. The van der Waals surface area contributed by atoms with Crippen LogP contribution in [0, 0.1) is 5.41 Å². The van der Waals surface area contributed by atoms with Crippen LogP contribution in [0.3, 0.4) is 0 Å². The molecule has 7 nitrogen and oxygen atoms in total. The molecule has 2 aromatic carbocycles. The number of benzene rings is 2. The maximum absolute atomic E-state index is 9.64. The molecule has 0 saturated carbocycles. The van der Waals surface area contributed by atoms with Crippen LogP contribution < -0.4 is 15.4 Å². The first kappa shape index (κ1) is 27.5.